The van der Waals surface area contributed by atoms with Gasteiger partial charge in [0.1, 0.15) is 4.88 Å². The molecular formula is C17H15N3O2S2. The molecule has 0 radical (unpaired) electrons. The third-order valence-corrected chi connectivity index (χ3v) is 4.66. The molecule has 0 saturated heterocycles. The van der Waals surface area contributed by atoms with Gasteiger partial charge in [-0.1, -0.05) is 6.07 Å². The standard InChI is InChI=1S/C17H15N3O2S2/c1-22-16(21)15-9-11-8-12(5-6-14(11)24-15)20-17(23)19-10-13-4-2-3-7-18-13/h2-9H,10H2,1H3,(H2,19,20,23). The quantitative estimate of drug-likeness (QED) is 0.550. The van der Waals surface area contributed by atoms with Gasteiger partial charge in [-0.05, 0) is 54.0 Å². The molecule has 3 aromatic rings. The van der Waals surface area contributed by atoms with E-state index in [1.807, 2.05) is 42.5 Å². The van der Waals surface area contributed by atoms with Crippen LogP contribution in [0.3, 0.4) is 0 Å². The highest BCUT2D eigenvalue weighted by Crippen LogP contribution is 2.28. The number of thiophene rings is 1. The third kappa shape index (κ3) is 3.87. The number of methoxy groups -OCH3 is 1. The number of fused-ring (bicyclic) bond motifs is 1. The maximum atomic E-state index is 11.6. The van der Waals surface area contributed by atoms with E-state index < -0.39 is 0 Å². The molecule has 0 aliphatic carbocycles. The Morgan fingerprint density at radius 2 is 2.17 bits per heavy atom. The average molecular weight is 357 g/mol. The van der Waals surface area contributed by atoms with Gasteiger partial charge in [0.05, 0.1) is 19.3 Å². The second-order valence-corrected chi connectivity index (χ2v) is 6.48. The molecule has 24 heavy (non-hydrogen) atoms. The summed E-state index contributed by atoms with van der Waals surface area (Å²) in [6.07, 6.45) is 1.75. The summed E-state index contributed by atoms with van der Waals surface area (Å²) >= 11 is 6.71. The number of nitrogens with one attached hydrogen (secondary N) is 2. The fourth-order valence-corrected chi connectivity index (χ4v) is 3.32. The zero-order valence-corrected chi connectivity index (χ0v) is 14.5. The van der Waals surface area contributed by atoms with Crippen LogP contribution in [0.1, 0.15) is 15.4 Å². The van der Waals surface area contributed by atoms with Crippen molar-refractivity contribution in [3.05, 3.63) is 59.2 Å². The molecule has 7 heteroatoms. The predicted octanol–water partition coefficient (Wildman–Crippen LogP) is 3.57. The topological polar surface area (TPSA) is 63.2 Å². The summed E-state index contributed by atoms with van der Waals surface area (Å²) in [6.45, 7) is 0.555. The first-order valence-corrected chi connectivity index (χ1v) is 8.45. The van der Waals surface area contributed by atoms with Crippen LogP contribution in [0, 0.1) is 0 Å². The van der Waals surface area contributed by atoms with Crippen molar-refractivity contribution in [2.24, 2.45) is 0 Å². The van der Waals surface area contributed by atoms with Crippen LogP contribution in [0.5, 0.6) is 0 Å². The van der Waals surface area contributed by atoms with Crippen molar-refractivity contribution in [2.45, 2.75) is 6.54 Å². The number of benzene rings is 1. The minimum Gasteiger partial charge on any atom is -0.465 e. The highest BCUT2D eigenvalue weighted by molar-refractivity contribution is 7.80. The van der Waals surface area contributed by atoms with Crippen LogP contribution < -0.4 is 10.6 Å². The molecule has 0 aliphatic rings. The van der Waals surface area contributed by atoms with Gasteiger partial charge in [0.25, 0.3) is 0 Å². The fourth-order valence-electron chi connectivity index (χ4n) is 2.17. The Kier molecular flexibility index (Phi) is 5.02. The number of esters is 1. The van der Waals surface area contributed by atoms with Crippen LogP contribution in [0.15, 0.2) is 48.7 Å². The van der Waals surface area contributed by atoms with Gasteiger partial charge in [-0.2, -0.15) is 0 Å². The molecule has 0 saturated carbocycles. The van der Waals surface area contributed by atoms with Gasteiger partial charge in [0.15, 0.2) is 5.11 Å². The van der Waals surface area contributed by atoms with Crippen LogP contribution >= 0.6 is 23.6 Å². The number of thiocarbonyl (C=S) groups is 1. The number of nitrogens with zero attached hydrogens (tertiary/aromatic N) is 1. The van der Waals surface area contributed by atoms with Crippen molar-refractivity contribution < 1.29 is 9.53 Å². The molecule has 2 aromatic heterocycles. The second kappa shape index (κ2) is 7.37. The van der Waals surface area contributed by atoms with E-state index in [0.717, 1.165) is 21.5 Å². The SMILES string of the molecule is COC(=O)c1cc2cc(NC(=S)NCc3ccccn3)ccc2s1. The Labute approximate surface area is 148 Å². The zero-order valence-electron chi connectivity index (χ0n) is 12.9. The monoisotopic (exact) mass is 357 g/mol. The van der Waals surface area contributed by atoms with Gasteiger partial charge in [-0.25, -0.2) is 4.79 Å². The highest BCUT2D eigenvalue weighted by Gasteiger charge is 2.10. The van der Waals surface area contributed by atoms with E-state index in [2.05, 4.69) is 15.6 Å². The first kappa shape index (κ1) is 16.4. The Bertz CT molecular complexity index is 878. The lowest BCUT2D eigenvalue weighted by Crippen LogP contribution is -2.28. The lowest BCUT2D eigenvalue weighted by atomic mass is 10.2. The van der Waals surface area contributed by atoms with E-state index in [1.165, 1.54) is 18.4 Å². The molecule has 2 N–H and O–H groups in total. The normalized spacial score (nSPS) is 10.4. The molecule has 0 bridgehead atoms. The lowest BCUT2D eigenvalue weighted by Gasteiger charge is -2.10. The summed E-state index contributed by atoms with van der Waals surface area (Å²) in [6, 6.07) is 13.4. The van der Waals surface area contributed by atoms with Crippen molar-refractivity contribution in [2.75, 3.05) is 12.4 Å². The fraction of sp³-hybridized carbons (Fsp3) is 0.118. The third-order valence-electron chi connectivity index (χ3n) is 3.32. The molecule has 0 fully saturated rings. The van der Waals surface area contributed by atoms with Crippen LogP contribution in [0.2, 0.25) is 0 Å². The maximum absolute atomic E-state index is 11.6. The van der Waals surface area contributed by atoms with Crippen LogP contribution in [-0.2, 0) is 11.3 Å². The van der Waals surface area contributed by atoms with Crippen molar-refractivity contribution in [3.63, 3.8) is 0 Å². The number of rotatable bonds is 4. The van der Waals surface area contributed by atoms with E-state index in [-0.39, 0.29) is 5.97 Å². The summed E-state index contributed by atoms with van der Waals surface area (Å²) in [4.78, 5) is 16.4. The van der Waals surface area contributed by atoms with Crippen LogP contribution in [0.25, 0.3) is 10.1 Å². The number of ether oxygens (including phenoxy) is 1. The van der Waals surface area contributed by atoms with E-state index >= 15 is 0 Å². The zero-order chi connectivity index (χ0) is 16.9. The largest absolute Gasteiger partial charge is 0.465 e. The minimum absolute atomic E-state index is 0.321. The van der Waals surface area contributed by atoms with Gasteiger partial charge >= 0.3 is 5.97 Å². The molecule has 1 aromatic carbocycles. The Hall–Kier alpha value is -2.51. The number of pyridine rings is 1. The molecule has 0 amide bonds. The number of carbonyl (C=O) groups excluding carboxylic acids is 1. The molecule has 3 rings (SSSR count). The second-order valence-electron chi connectivity index (χ2n) is 4.98. The number of hydrogen-bond donors (Lipinski definition) is 2. The first-order chi connectivity index (χ1) is 11.7. The minimum atomic E-state index is -0.321. The van der Waals surface area contributed by atoms with Gasteiger partial charge in [-0.3, -0.25) is 4.98 Å². The van der Waals surface area contributed by atoms with Gasteiger partial charge in [-0.15, -0.1) is 11.3 Å². The molecule has 122 valence electrons. The van der Waals surface area contributed by atoms with Crippen molar-refractivity contribution in [1.29, 1.82) is 0 Å². The number of hydrogen-bond acceptors (Lipinski definition) is 5. The molecule has 2 heterocycles. The predicted molar refractivity (Wildman–Crippen MR) is 100 cm³/mol. The highest BCUT2D eigenvalue weighted by atomic mass is 32.1. The Morgan fingerprint density at radius 1 is 1.29 bits per heavy atom. The lowest BCUT2D eigenvalue weighted by molar-refractivity contribution is 0.0606. The molecule has 0 unspecified atom stereocenters. The average Bonchev–Trinajstić information content (AvgIpc) is 3.03. The number of aromatic nitrogens is 1. The summed E-state index contributed by atoms with van der Waals surface area (Å²) in [5.74, 6) is -0.321. The summed E-state index contributed by atoms with van der Waals surface area (Å²) in [5, 5.41) is 7.74. The molecule has 0 spiro atoms. The Balaban J connectivity index is 1.66. The van der Waals surface area contributed by atoms with Crippen molar-refractivity contribution in [1.82, 2.24) is 10.3 Å². The van der Waals surface area contributed by atoms with E-state index in [1.54, 1.807) is 6.20 Å². The number of anilines is 1. The molecule has 0 aliphatic heterocycles. The molecular weight excluding hydrogens is 342 g/mol. The Morgan fingerprint density at radius 3 is 2.92 bits per heavy atom. The van der Waals surface area contributed by atoms with Gasteiger partial charge in [0, 0.05) is 16.6 Å². The van der Waals surface area contributed by atoms with Crippen molar-refractivity contribution >= 4 is 50.4 Å². The molecule has 0 atom stereocenters. The van der Waals surface area contributed by atoms with Crippen LogP contribution in [0.4, 0.5) is 5.69 Å². The smallest absolute Gasteiger partial charge is 0.348 e. The summed E-state index contributed by atoms with van der Waals surface area (Å²) in [7, 11) is 1.38. The van der Waals surface area contributed by atoms with Gasteiger partial charge in [0.2, 0.25) is 0 Å². The van der Waals surface area contributed by atoms with Crippen molar-refractivity contribution in [3.8, 4) is 0 Å². The maximum Gasteiger partial charge on any atom is 0.348 e. The van der Waals surface area contributed by atoms with E-state index in [0.29, 0.717) is 16.5 Å². The summed E-state index contributed by atoms with van der Waals surface area (Å²) < 4.78 is 5.78. The van der Waals surface area contributed by atoms with Gasteiger partial charge < -0.3 is 15.4 Å². The van der Waals surface area contributed by atoms with E-state index in [4.69, 9.17) is 17.0 Å². The summed E-state index contributed by atoms with van der Waals surface area (Å²) in [5.41, 5.74) is 1.77. The number of carbonyl (C=O) groups is 1. The molecule has 5 nitrogen and oxygen atoms in total. The first-order valence-electron chi connectivity index (χ1n) is 7.22. The van der Waals surface area contributed by atoms with E-state index in [9.17, 15) is 4.79 Å². The van der Waals surface area contributed by atoms with Crippen LogP contribution in [-0.4, -0.2) is 23.2 Å².